The zero-order chi connectivity index (χ0) is 19.3. The van der Waals surface area contributed by atoms with E-state index in [1.165, 1.54) is 16.6 Å². The number of carbonyl (C=O) groups excluding carboxylic acids is 1. The summed E-state index contributed by atoms with van der Waals surface area (Å²) in [7, 11) is 0. The van der Waals surface area contributed by atoms with Crippen LogP contribution in [0.4, 0.5) is 0 Å². The van der Waals surface area contributed by atoms with Gasteiger partial charge in [-0.15, -0.1) is 20.4 Å². The van der Waals surface area contributed by atoms with Gasteiger partial charge in [-0.05, 0) is 17.3 Å². The summed E-state index contributed by atoms with van der Waals surface area (Å²) in [5.74, 6) is 0.856. The van der Waals surface area contributed by atoms with Crippen molar-refractivity contribution in [2.24, 2.45) is 5.73 Å². The number of primary amides is 1. The van der Waals surface area contributed by atoms with E-state index in [-0.39, 0.29) is 12.3 Å². The van der Waals surface area contributed by atoms with E-state index >= 15 is 0 Å². The van der Waals surface area contributed by atoms with E-state index in [9.17, 15) is 4.79 Å². The highest BCUT2D eigenvalue weighted by Gasteiger charge is 2.17. The average molecular weight is 392 g/mol. The van der Waals surface area contributed by atoms with Gasteiger partial charge in [0.15, 0.2) is 11.0 Å². The molecule has 0 aliphatic heterocycles. The molecule has 140 valence electrons. The Balaban J connectivity index is 1.64. The predicted molar refractivity (Wildman–Crippen MR) is 104 cm³/mol. The van der Waals surface area contributed by atoms with Crippen molar-refractivity contribution in [2.75, 3.05) is 5.75 Å². The molecule has 0 radical (unpaired) electrons. The molecule has 0 saturated carbocycles. The number of thioether (sulfide) groups is 1. The number of benzene rings is 2. The monoisotopic (exact) mass is 392 g/mol. The summed E-state index contributed by atoms with van der Waals surface area (Å²) in [5.41, 5.74) is 7.03. The fraction of sp³-hybridized carbons (Fsp3) is 0.111. The molecular weight excluding hydrogens is 376 g/mol. The van der Waals surface area contributed by atoms with Crippen LogP contribution in [0.2, 0.25) is 0 Å². The Morgan fingerprint density at radius 1 is 0.964 bits per heavy atom. The Morgan fingerprint density at radius 3 is 2.39 bits per heavy atom. The zero-order valence-corrected chi connectivity index (χ0v) is 15.5. The van der Waals surface area contributed by atoms with Gasteiger partial charge < -0.3 is 5.73 Å². The minimum Gasteiger partial charge on any atom is -0.369 e. The molecule has 0 fully saturated rings. The van der Waals surface area contributed by atoms with Gasteiger partial charge in [-0.1, -0.05) is 60.3 Å². The number of para-hydroxylation sites is 1. The Labute approximate surface area is 164 Å². The van der Waals surface area contributed by atoms with Crippen LogP contribution in [-0.2, 0) is 11.3 Å². The van der Waals surface area contributed by atoms with Crippen LogP contribution in [0.1, 0.15) is 5.82 Å². The second-order valence-corrected chi connectivity index (χ2v) is 6.78. The standard InChI is InChI=1S/C18H16N8OS/c19-15(27)12-28-18-22-20-16(26(18)14-9-5-2-6-10-14)11-25-23-17(21-24-25)13-7-3-1-4-8-13/h1-10H,11-12H2,(H2,19,27). The van der Waals surface area contributed by atoms with Crippen LogP contribution in [0.3, 0.4) is 0 Å². The minimum atomic E-state index is -0.417. The molecule has 2 aromatic carbocycles. The molecule has 4 aromatic rings. The third kappa shape index (κ3) is 3.91. The first kappa shape index (κ1) is 17.9. The van der Waals surface area contributed by atoms with E-state index in [1.54, 1.807) is 0 Å². The van der Waals surface area contributed by atoms with Crippen molar-refractivity contribution in [2.45, 2.75) is 11.7 Å². The molecule has 28 heavy (non-hydrogen) atoms. The Kier molecular flexibility index (Phi) is 5.11. The zero-order valence-electron chi connectivity index (χ0n) is 14.7. The number of nitrogens with two attached hydrogens (primary N) is 1. The van der Waals surface area contributed by atoms with E-state index in [4.69, 9.17) is 5.73 Å². The highest BCUT2D eigenvalue weighted by Crippen LogP contribution is 2.22. The Morgan fingerprint density at radius 2 is 1.68 bits per heavy atom. The lowest BCUT2D eigenvalue weighted by atomic mass is 10.2. The van der Waals surface area contributed by atoms with Gasteiger partial charge in [-0.3, -0.25) is 9.36 Å². The Hall–Kier alpha value is -3.53. The number of aromatic nitrogens is 7. The minimum absolute atomic E-state index is 0.116. The van der Waals surface area contributed by atoms with Crippen molar-refractivity contribution in [1.82, 2.24) is 35.0 Å². The first-order valence-corrected chi connectivity index (χ1v) is 9.43. The number of hydrogen-bond acceptors (Lipinski definition) is 7. The molecule has 0 spiro atoms. The van der Waals surface area contributed by atoms with Gasteiger partial charge in [-0.25, -0.2) is 0 Å². The highest BCUT2D eigenvalue weighted by molar-refractivity contribution is 7.99. The number of nitrogens with zero attached hydrogens (tertiary/aromatic N) is 7. The van der Waals surface area contributed by atoms with E-state index in [2.05, 4.69) is 25.6 Å². The summed E-state index contributed by atoms with van der Waals surface area (Å²) >= 11 is 1.23. The van der Waals surface area contributed by atoms with Gasteiger partial charge in [0, 0.05) is 11.3 Å². The maximum Gasteiger partial charge on any atom is 0.227 e. The molecule has 2 aromatic heterocycles. The molecule has 1 amide bonds. The lowest BCUT2D eigenvalue weighted by molar-refractivity contribution is -0.115. The van der Waals surface area contributed by atoms with Gasteiger partial charge in [0.1, 0.15) is 6.54 Å². The van der Waals surface area contributed by atoms with Crippen LogP contribution in [0.15, 0.2) is 65.8 Å². The lowest BCUT2D eigenvalue weighted by Gasteiger charge is -2.09. The fourth-order valence-corrected chi connectivity index (χ4v) is 3.32. The van der Waals surface area contributed by atoms with E-state index in [0.29, 0.717) is 16.8 Å². The summed E-state index contributed by atoms with van der Waals surface area (Å²) in [6.07, 6.45) is 0. The summed E-state index contributed by atoms with van der Waals surface area (Å²) in [4.78, 5) is 12.6. The number of hydrogen-bond donors (Lipinski definition) is 1. The first-order chi connectivity index (χ1) is 13.7. The van der Waals surface area contributed by atoms with Crippen molar-refractivity contribution < 1.29 is 4.79 Å². The average Bonchev–Trinajstić information content (AvgIpc) is 3.35. The van der Waals surface area contributed by atoms with Gasteiger partial charge in [0.05, 0.1) is 5.75 Å². The topological polar surface area (TPSA) is 117 Å². The molecule has 9 nitrogen and oxygen atoms in total. The molecule has 0 unspecified atom stereocenters. The van der Waals surface area contributed by atoms with Crippen LogP contribution in [0, 0.1) is 0 Å². The summed E-state index contributed by atoms with van der Waals surface area (Å²) in [5, 5.41) is 21.7. The second-order valence-electron chi connectivity index (χ2n) is 5.83. The van der Waals surface area contributed by atoms with E-state index in [0.717, 1.165) is 11.3 Å². The van der Waals surface area contributed by atoms with Crippen molar-refractivity contribution in [3.05, 3.63) is 66.5 Å². The molecule has 10 heteroatoms. The van der Waals surface area contributed by atoms with Gasteiger partial charge >= 0.3 is 0 Å². The number of amides is 1. The quantitative estimate of drug-likeness (QED) is 0.474. The van der Waals surface area contributed by atoms with E-state index < -0.39 is 5.91 Å². The fourth-order valence-electron chi connectivity index (χ4n) is 2.61. The molecule has 0 atom stereocenters. The normalized spacial score (nSPS) is 10.9. The molecular formula is C18H16N8OS. The Bertz CT molecular complexity index is 1080. The molecule has 2 heterocycles. The molecule has 0 aliphatic carbocycles. The van der Waals surface area contributed by atoms with Crippen molar-refractivity contribution in [3.63, 3.8) is 0 Å². The summed E-state index contributed by atoms with van der Waals surface area (Å²) < 4.78 is 1.86. The molecule has 0 aliphatic rings. The predicted octanol–water partition coefficient (Wildman–Crippen LogP) is 1.55. The van der Waals surface area contributed by atoms with Gasteiger partial charge in [-0.2, -0.15) is 4.80 Å². The highest BCUT2D eigenvalue weighted by atomic mass is 32.2. The summed E-state index contributed by atoms with van der Waals surface area (Å²) in [6, 6.07) is 19.3. The molecule has 0 saturated heterocycles. The van der Waals surface area contributed by atoms with E-state index in [1.807, 2.05) is 65.2 Å². The van der Waals surface area contributed by atoms with Gasteiger partial charge in [0.25, 0.3) is 0 Å². The smallest absolute Gasteiger partial charge is 0.227 e. The first-order valence-electron chi connectivity index (χ1n) is 8.45. The van der Waals surface area contributed by atoms with Crippen LogP contribution in [-0.4, -0.2) is 46.6 Å². The third-order valence-electron chi connectivity index (χ3n) is 3.83. The van der Waals surface area contributed by atoms with Crippen molar-refractivity contribution in [3.8, 4) is 17.1 Å². The van der Waals surface area contributed by atoms with Crippen LogP contribution in [0.5, 0.6) is 0 Å². The van der Waals surface area contributed by atoms with Crippen LogP contribution < -0.4 is 5.73 Å². The molecule has 2 N–H and O–H groups in total. The lowest BCUT2D eigenvalue weighted by Crippen LogP contribution is -2.14. The van der Waals surface area contributed by atoms with Crippen LogP contribution >= 0.6 is 11.8 Å². The van der Waals surface area contributed by atoms with Crippen molar-refractivity contribution >= 4 is 17.7 Å². The molecule has 0 bridgehead atoms. The maximum atomic E-state index is 11.2. The summed E-state index contributed by atoms with van der Waals surface area (Å²) in [6.45, 7) is 0.277. The second kappa shape index (κ2) is 8.01. The van der Waals surface area contributed by atoms with Crippen molar-refractivity contribution in [1.29, 1.82) is 0 Å². The SMILES string of the molecule is NC(=O)CSc1nnc(Cn2nnc(-c3ccccc3)n2)n1-c1ccccc1. The van der Waals surface area contributed by atoms with Gasteiger partial charge in [0.2, 0.25) is 11.7 Å². The maximum absolute atomic E-state index is 11.2. The largest absolute Gasteiger partial charge is 0.369 e. The number of carbonyl (C=O) groups is 1. The van der Waals surface area contributed by atoms with Crippen LogP contribution in [0.25, 0.3) is 17.1 Å². The third-order valence-corrected chi connectivity index (χ3v) is 4.78. The number of tetrazole rings is 1. The number of rotatable bonds is 7. The molecule has 4 rings (SSSR count).